The van der Waals surface area contributed by atoms with Crippen molar-refractivity contribution in [2.45, 2.75) is 52.6 Å². The molecule has 0 N–H and O–H groups in total. The second-order valence-corrected chi connectivity index (χ2v) is 8.14. The van der Waals surface area contributed by atoms with Crippen LogP contribution in [0.4, 0.5) is 0 Å². The number of amides is 2. The van der Waals surface area contributed by atoms with Crippen LogP contribution in [-0.4, -0.2) is 45.7 Å². The van der Waals surface area contributed by atoms with Crippen molar-refractivity contribution in [1.29, 1.82) is 0 Å². The third kappa shape index (κ3) is 4.38. The summed E-state index contributed by atoms with van der Waals surface area (Å²) in [5.41, 5.74) is 1.99. The average molecular weight is 386 g/mol. The predicted octanol–water partition coefficient (Wildman–Crippen LogP) is 3.67. The van der Waals surface area contributed by atoms with Crippen molar-refractivity contribution in [1.82, 2.24) is 14.8 Å². The van der Waals surface area contributed by atoms with E-state index in [1.54, 1.807) is 0 Å². The Morgan fingerprint density at radius 2 is 2.00 bits per heavy atom. The summed E-state index contributed by atoms with van der Waals surface area (Å²) in [5, 5.41) is 0.916. The molecule has 6 heteroatoms. The summed E-state index contributed by atoms with van der Waals surface area (Å²) in [6, 6.07) is 10.1. The number of aromatic nitrogens is 1. The Kier molecular flexibility index (Phi) is 6.26. The topological polar surface area (TPSA) is 53.5 Å². The van der Waals surface area contributed by atoms with Crippen molar-refractivity contribution in [2.24, 2.45) is 0 Å². The van der Waals surface area contributed by atoms with Crippen LogP contribution in [0.25, 0.3) is 0 Å². The zero-order valence-corrected chi connectivity index (χ0v) is 17.1. The highest BCUT2D eigenvalue weighted by Crippen LogP contribution is 2.24. The van der Waals surface area contributed by atoms with Gasteiger partial charge in [0.15, 0.2) is 0 Å². The van der Waals surface area contributed by atoms with Crippen molar-refractivity contribution in [3.05, 3.63) is 51.5 Å². The van der Waals surface area contributed by atoms with Crippen molar-refractivity contribution in [3.8, 4) is 0 Å². The van der Waals surface area contributed by atoms with Gasteiger partial charge >= 0.3 is 0 Å². The normalized spacial score (nSPS) is 17.9. The van der Waals surface area contributed by atoms with Gasteiger partial charge in [-0.3, -0.25) is 9.59 Å². The molecule has 0 bridgehead atoms. The Hall–Kier alpha value is -2.21. The van der Waals surface area contributed by atoms with Crippen LogP contribution in [0.5, 0.6) is 0 Å². The summed E-state index contributed by atoms with van der Waals surface area (Å²) in [6.07, 6.45) is 1.94. The van der Waals surface area contributed by atoms with E-state index >= 15 is 0 Å². The molecule has 0 spiro atoms. The number of hydrogen-bond acceptors (Lipinski definition) is 4. The molecule has 5 nitrogen and oxygen atoms in total. The van der Waals surface area contributed by atoms with Gasteiger partial charge in [0.25, 0.3) is 5.91 Å². The number of nitrogens with zero attached hydrogens (tertiary/aromatic N) is 3. The van der Waals surface area contributed by atoms with E-state index in [1.165, 1.54) is 11.3 Å². The molecule has 1 saturated heterocycles. The smallest absolute Gasteiger partial charge is 0.265 e. The third-order valence-corrected chi connectivity index (χ3v) is 6.08. The predicted molar refractivity (Wildman–Crippen MR) is 108 cm³/mol. The van der Waals surface area contributed by atoms with Gasteiger partial charge in [-0.25, -0.2) is 4.98 Å². The lowest BCUT2D eigenvalue weighted by molar-refractivity contribution is -0.133. The Morgan fingerprint density at radius 3 is 2.67 bits per heavy atom. The molecular formula is C21H27N3O2S. The van der Waals surface area contributed by atoms with E-state index in [0.29, 0.717) is 26.1 Å². The SMILES string of the molecule is CCc1nc(C)sc1C(=O)N1CCC(=O)N(Cc2ccccc2)[C@@H](CC)C1. The van der Waals surface area contributed by atoms with Crippen LogP contribution in [0.2, 0.25) is 0 Å². The zero-order chi connectivity index (χ0) is 19.4. The Balaban J connectivity index is 1.80. The van der Waals surface area contributed by atoms with Gasteiger partial charge in [-0.05, 0) is 25.3 Å². The monoisotopic (exact) mass is 385 g/mol. The van der Waals surface area contributed by atoms with E-state index in [2.05, 4.69) is 11.9 Å². The molecular weight excluding hydrogens is 358 g/mol. The van der Waals surface area contributed by atoms with Crippen molar-refractivity contribution in [2.75, 3.05) is 13.1 Å². The Labute approximate surface area is 165 Å². The molecule has 144 valence electrons. The fourth-order valence-electron chi connectivity index (χ4n) is 3.57. The lowest BCUT2D eigenvalue weighted by Gasteiger charge is -2.31. The summed E-state index contributed by atoms with van der Waals surface area (Å²) in [5.74, 6) is 0.141. The first-order chi connectivity index (χ1) is 13.0. The van der Waals surface area contributed by atoms with Crippen LogP contribution >= 0.6 is 11.3 Å². The minimum atomic E-state index is 0.0188. The van der Waals surface area contributed by atoms with Crippen LogP contribution in [0.1, 0.15) is 52.6 Å². The van der Waals surface area contributed by atoms with Gasteiger partial charge in [-0.15, -0.1) is 11.3 Å². The largest absolute Gasteiger partial charge is 0.335 e. The fourth-order valence-corrected chi connectivity index (χ4v) is 4.55. The zero-order valence-electron chi connectivity index (χ0n) is 16.3. The lowest BCUT2D eigenvalue weighted by Crippen LogP contribution is -2.43. The molecule has 3 rings (SSSR count). The summed E-state index contributed by atoms with van der Waals surface area (Å²) in [6.45, 7) is 7.68. The fraction of sp³-hybridized carbons (Fsp3) is 0.476. The van der Waals surface area contributed by atoms with Gasteiger partial charge in [0.2, 0.25) is 5.91 Å². The number of thiazole rings is 1. The van der Waals surface area contributed by atoms with Crippen molar-refractivity contribution < 1.29 is 9.59 Å². The van der Waals surface area contributed by atoms with Gasteiger partial charge in [0.05, 0.1) is 10.7 Å². The molecule has 1 aliphatic heterocycles. The van der Waals surface area contributed by atoms with E-state index in [4.69, 9.17) is 0 Å². The first-order valence-corrected chi connectivity index (χ1v) is 10.4. The summed E-state index contributed by atoms with van der Waals surface area (Å²) in [4.78, 5) is 35.0. The number of aryl methyl sites for hydroxylation is 2. The molecule has 1 aromatic carbocycles. The first kappa shape index (κ1) is 19.5. The van der Waals surface area contributed by atoms with E-state index in [0.717, 1.165) is 34.0 Å². The molecule has 2 heterocycles. The number of carbonyl (C=O) groups excluding carboxylic acids is 2. The molecule has 1 aliphatic rings. The van der Waals surface area contributed by atoms with Crippen molar-refractivity contribution >= 4 is 23.2 Å². The van der Waals surface area contributed by atoms with Crippen molar-refractivity contribution in [3.63, 3.8) is 0 Å². The van der Waals surface area contributed by atoms with Gasteiger partial charge in [-0.2, -0.15) is 0 Å². The van der Waals surface area contributed by atoms with E-state index in [9.17, 15) is 9.59 Å². The van der Waals surface area contributed by atoms with Gasteiger partial charge in [-0.1, -0.05) is 44.2 Å². The molecule has 1 fully saturated rings. The number of benzene rings is 1. The van der Waals surface area contributed by atoms with Crippen LogP contribution in [-0.2, 0) is 17.8 Å². The molecule has 0 saturated carbocycles. The van der Waals surface area contributed by atoms with Gasteiger partial charge in [0.1, 0.15) is 4.88 Å². The second-order valence-electron chi connectivity index (χ2n) is 6.93. The van der Waals surface area contributed by atoms with E-state index in [1.807, 2.05) is 54.0 Å². The van der Waals surface area contributed by atoms with Crippen LogP contribution in [0.15, 0.2) is 30.3 Å². The highest BCUT2D eigenvalue weighted by Gasteiger charge is 2.32. The standard InChI is InChI=1S/C21H27N3O2S/c1-4-17-14-23(21(26)20-18(5-2)22-15(3)27-20)12-11-19(25)24(17)13-16-9-7-6-8-10-16/h6-10,17H,4-5,11-14H2,1-3H3/t17-/m0/s1. The van der Waals surface area contributed by atoms with Crippen LogP contribution < -0.4 is 0 Å². The third-order valence-electron chi connectivity index (χ3n) is 5.08. The maximum atomic E-state index is 13.1. The molecule has 0 unspecified atom stereocenters. The van der Waals surface area contributed by atoms with E-state index < -0.39 is 0 Å². The lowest BCUT2D eigenvalue weighted by atomic mass is 10.1. The molecule has 2 aromatic rings. The molecule has 2 amide bonds. The highest BCUT2D eigenvalue weighted by atomic mass is 32.1. The molecule has 27 heavy (non-hydrogen) atoms. The summed E-state index contributed by atoms with van der Waals surface area (Å²) < 4.78 is 0. The van der Waals surface area contributed by atoms with Gasteiger partial charge in [0, 0.05) is 32.1 Å². The maximum Gasteiger partial charge on any atom is 0.265 e. The second kappa shape index (κ2) is 8.65. The summed E-state index contributed by atoms with van der Waals surface area (Å²) in [7, 11) is 0. The molecule has 0 radical (unpaired) electrons. The van der Waals surface area contributed by atoms with E-state index in [-0.39, 0.29) is 17.9 Å². The average Bonchev–Trinajstić information content (AvgIpc) is 2.99. The Bertz CT molecular complexity index is 803. The highest BCUT2D eigenvalue weighted by molar-refractivity contribution is 7.13. The molecule has 0 aliphatic carbocycles. The number of carbonyl (C=O) groups is 2. The minimum Gasteiger partial charge on any atom is -0.335 e. The molecule has 1 aromatic heterocycles. The summed E-state index contributed by atoms with van der Waals surface area (Å²) >= 11 is 1.46. The quantitative estimate of drug-likeness (QED) is 0.789. The van der Waals surface area contributed by atoms with Gasteiger partial charge < -0.3 is 9.80 Å². The molecule has 1 atom stereocenters. The maximum absolute atomic E-state index is 13.1. The first-order valence-electron chi connectivity index (χ1n) is 9.62. The Morgan fingerprint density at radius 1 is 1.26 bits per heavy atom. The number of hydrogen-bond donors (Lipinski definition) is 0. The number of rotatable bonds is 5. The van der Waals surface area contributed by atoms with Crippen LogP contribution in [0, 0.1) is 6.92 Å². The van der Waals surface area contributed by atoms with Crippen LogP contribution in [0.3, 0.4) is 0 Å². The minimum absolute atomic E-state index is 0.0188.